The number of hydrogen-bond acceptors (Lipinski definition) is 4. The van der Waals surface area contributed by atoms with Crippen LogP contribution in [0.3, 0.4) is 0 Å². The minimum atomic E-state index is 0.178. The Bertz CT molecular complexity index is 593. The molecule has 0 unspecified atom stereocenters. The van der Waals surface area contributed by atoms with Crippen LogP contribution in [0.1, 0.15) is 5.56 Å². The number of rotatable bonds is 2. The third-order valence-corrected chi connectivity index (χ3v) is 2.43. The number of anilines is 1. The summed E-state index contributed by atoms with van der Waals surface area (Å²) in [4.78, 5) is 3.97. The minimum Gasteiger partial charge on any atom is -0.435 e. The number of pyridine rings is 1. The number of nitrogens with zero attached hydrogens (tertiary/aromatic N) is 2. The minimum absolute atomic E-state index is 0.178. The molecule has 0 radical (unpaired) electrons. The van der Waals surface area contributed by atoms with Gasteiger partial charge in [0.2, 0.25) is 5.88 Å². The molecule has 0 aliphatic carbocycles. The van der Waals surface area contributed by atoms with Gasteiger partial charge in [0, 0.05) is 6.20 Å². The van der Waals surface area contributed by atoms with Gasteiger partial charge in [-0.1, -0.05) is 23.7 Å². The van der Waals surface area contributed by atoms with Crippen molar-refractivity contribution in [2.75, 3.05) is 5.73 Å². The van der Waals surface area contributed by atoms with Crippen LogP contribution >= 0.6 is 11.6 Å². The Balaban J connectivity index is 2.38. The average molecular weight is 246 g/mol. The van der Waals surface area contributed by atoms with Crippen molar-refractivity contribution in [3.05, 3.63) is 47.1 Å². The normalized spacial score (nSPS) is 9.65. The molecular weight excluding hydrogens is 238 g/mol. The predicted octanol–water partition coefficient (Wildman–Crippen LogP) is 2.98. The van der Waals surface area contributed by atoms with E-state index in [4.69, 9.17) is 27.3 Å². The molecule has 0 aliphatic rings. The van der Waals surface area contributed by atoms with E-state index in [1.165, 1.54) is 12.3 Å². The van der Waals surface area contributed by atoms with Gasteiger partial charge in [0.25, 0.3) is 0 Å². The van der Waals surface area contributed by atoms with E-state index >= 15 is 0 Å². The number of hydrogen-bond donors (Lipinski definition) is 1. The summed E-state index contributed by atoms with van der Waals surface area (Å²) in [7, 11) is 0. The number of benzene rings is 1. The molecule has 0 spiro atoms. The topological polar surface area (TPSA) is 71.9 Å². The number of para-hydroxylation sites is 1. The lowest BCUT2D eigenvalue weighted by atomic mass is 10.2. The van der Waals surface area contributed by atoms with Gasteiger partial charge in [-0.15, -0.1) is 0 Å². The van der Waals surface area contributed by atoms with Gasteiger partial charge in [-0.3, -0.25) is 0 Å². The number of halogens is 1. The number of aromatic nitrogens is 1. The largest absolute Gasteiger partial charge is 0.435 e. The molecule has 0 saturated carbocycles. The van der Waals surface area contributed by atoms with Crippen LogP contribution in [0.5, 0.6) is 11.6 Å². The van der Waals surface area contributed by atoms with E-state index in [-0.39, 0.29) is 11.6 Å². The number of nitrogen functional groups attached to an aromatic ring is 1. The maximum Gasteiger partial charge on any atom is 0.244 e. The lowest BCUT2D eigenvalue weighted by Crippen LogP contribution is -1.97. The molecule has 0 fully saturated rings. The third-order valence-electron chi connectivity index (χ3n) is 2.12. The molecule has 5 heteroatoms. The first-order valence-corrected chi connectivity index (χ1v) is 5.17. The Kier molecular flexibility index (Phi) is 3.12. The third kappa shape index (κ3) is 2.30. The van der Waals surface area contributed by atoms with Crippen LogP contribution in [0.2, 0.25) is 5.02 Å². The Morgan fingerprint density at radius 3 is 2.76 bits per heavy atom. The second kappa shape index (κ2) is 4.73. The van der Waals surface area contributed by atoms with E-state index in [1.807, 2.05) is 6.07 Å². The van der Waals surface area contributed by atoms with Crippen molar-refractivity contribution in [2.45, 2.75) is 0 Å². The van der Waals surface area contributed by atoms with Gasteiger partial charge in [-0.05, 0) is 18.2 Å². The molecule has 0 atom stereocenters. The SMILES string of the molecule is N#Cc1ccnc(Oc2ccccc2Cl)c1N. The van der Waals surface area contributed by atoms with Gasteiger partial charge < -0.3 is 10.5 Å². The fourth-order valence-corrected chi connectivity index (χ4v) is 1.44. The Morgan fingerprint density at radius 1 is 1.29 bits per heavy atom. The predicted molar refractivity (Wildman–Crippen MR) is 64.9 cm³/mol. The molecule has 1 aromatic carbocycles. The lowest BCUT2D eigenvalue weighted by molar-refractivity contribution is 0.465. The van der Waals surface area contributed by atoms with Gasteiger partial charge in [0.1, 0.15) is 17.5 Å². The summed E-state index contributed by atoms with van der Waals surface area (Å²) in [5.74, 6) is 0.626. The zero-order valence-electron chi connectivity index (χ0n) is 8.72. The molecule has 2 aromatic rings. The van der Waals surface area contributed by atoms with Gasteiger partial charge in [0.15, 0.2) is 0 Å². The molecule has 2 N–H and O–H groups in total. The van der Waals surface area contributed by atoms with Crippen LogP contribution in [-0.4, -0.2) is 4.98 Å². The number of ether oxygens (including phenoxy) is 1. The summed E-state index contributed by atoms with van der Waals surface area (Å²) in [6.45, 7) is 0. The first-order chi connectivity index (χ1) is 8.22. The molecular formula is C12H8ClN3O. The summed E-state index contributed by atoms with van der Waals surface area (Å²) in [5.41, 5.74) is 6.26. The Morgan fingerprint density at radius 2 is 2.06 bits per heavy atom. The molecule has 84 valence electrons. The Labute approximate surface area is 103 Å². The van der Waals surface area contributed by atoms with Crippen LogP contribution in [-0.2, 0) is 0 Å². The highest BCUT2D eigenvalue weighted by Crippen LogP contribution is 2.31. The van der Waals surface area contributed by atoms with E-state index in [9.17, 15) is 0 Å². The van der Waals surface area contributed by atoms with E-state index < -0.39 is 0 Å². The lowest BCUT2D eigenvalue weighted by Gasteiger charge is -2.08. The highest BCUT2D eigenvalue weighted by molar-refractivity contribution is 6.32. The van der Waals surface area contributed by atoms with Crippen LogP contribution in [0.15, 0.2) is 36.5 Å². The molecule has 0 aliphatic heterocycles. The van der Waals surface area contributed by atoms with Gasteiger partial charge >= 0.3 is 0 Å². The Hall–Kier alpha value is -2.25. The highest BCUT2D eigenvalue weighted by Gasteiger charge is 2.09. The average Bonchev–Trinajstić information content (AvgIpc) is 2.34. The summed E-state index contributed by atoms with van der Waals surface area (Å²) in [6, 6.07) is 10.4. The fourth-order valence-electron chi connectivity index (χ4n) is 1.26. The van der Waals surface area contributed by atoms with Crippen molar-refractivity contribution in [2.24, 2.45) is 0 Å². The monoisotopic (exact) mass is 245 g/mol. The van der Waals surface area contributed by atoms with E-state index in [0.717, 1.165) is 0 Å². The van der Waals surface area contributed by atoms with Gasteiger partial charge in [-0.2, -0.15) is 5.26 Å². The van der Waals surface area contributed by atoms with Crippen molar-refractivity contribution in [3.8, 4) is 17.7 Å². The fraction of sp³-hybridized carbons (Fsp3) is 0. The smallest absolute Gasteiger partial charge is 0.244 e. The standard InChI is InChI=1S/C12H8ClN3O/c13-9-3-1-2-4-10(9)17-12-11(15)8(7-14)5-6-16-12/h1-6H,15H2. The van der Waals surface area contributed by atoms with Crippen molar-refractivity contribution < 1.29 is 4.74 Å². The van der Waals surface area contributed by atoms with Crippen molar-refractivity contribution in [3.63, 3.8) is 0 Å². The van der Waals surface area contributed by atoms with Gasteiger partial charge in [-0.25, -0.2) is 4.98 Å². The summed E-state index contributed by atoms with van der Waals surface area (Å²) in [6.07, 6.45) is 1.46. The summed E-state index contributed by atoms with van der Waals surface area (Å²) in [5, 5.41) is 9.28. The molecule has 2 rings (SSSR count). The van der Waals surface area contributed by atoms with E-state index in [2.05, 4.69) is 4.98 Å². The van der Waals surface area contributed by atoms with Crippen LogP contribution < -0.4 is 10.5 Å². The first-order valence-electron chi connectivity index (χ1n) is 4.79. The van der Waals surface area contributed by atoms with Crippen LogP contribution in [0.4, 0.5) is 5.69 Å². The molecule has 0 amide bonds. The zero-order valence-corrected chi connectivity index (χ0v) is 9.48. The molecule has 1 heterocycles. The molecule has 17 heavy (non-hydrogen) atoms. The second-order valence-corrected chi connectivity index (χ2v) is 3.63. The maximum absolute atomic E-state index is 8.82. The number of nitrogens with two attached hydrogens (primary N) is 1. The molecule has 4 nitrogen and oxygen atoms in total. The van der Waals surface area contributed by atoms with E-state index in [1.54, 1.807) is 24.3 Å². The number of nitriles is 1. The summed E-state index contributed by atoms with van der Waals surface area (Å²) >= 11 is 5.94. The van der Waals surface area contributed by atoms with Crippen LogP contribution in [0, 0.1) is 11.3 Å². The molecule has 0 bridgehead atoms. The quantitative estimate of drug-likeness (QED) is 0.883. The van der Waals surface area contributed by atoms with E-state index in [0.29, 0.717) is 16.3 Å². The second-order valence-electron chi connectivity index (χ2n) is 3.22. The molecule has 1 aromatic heterocycles. The first kappa shape index (κ1) is 11.2. The van der Waals surface area contributed by atoms with Crippen molar-refractivity contribution >= 4 is 17.3 Å². The zero-order chi connectivity index (χ0) is 12.3. The van der Waals surface area contributed by atoms with Crippen molar-refractivity contribution in [1.82, 2.24) is 4.98 Å². The summed E-state index contributed by atoms with van der Waals surface area (Å²) < 4.78 is 5.46. The molecule has 0 saturated heterocycles. The van der Waals surface area contributed by atoms with Crippen molar-refractivity contribution in [1.29, 1.82) is 5.26 Å². The maximum atomic E-state index is 8.82. The van der Waals surface area contributed by atoms with Gasteiger partial charge in [0.05, 0.1) is 10.6 Å². The highest BCUT2D eigenvalue weighted by atomic mass is 35.5. The van der Waals surface area contributed by atoms with Crippen LogP contribution in [0.25, 0.3) is 0 Å².